The van der Waals surface area contributed by atoms with Crippen LogP contribution in [0.1, 0.15) is 23.3 Å². The highest BCUT2D eigenvalue weighted by atomic mass is 16.5. The summed E-state index contributed by atoms with van der Waals surface area (Å²) < 4.78 is 5.12. The molecule has 1 N–H and O–H groups in total. The third kappa shape index (κ3) is 2.85. The minimum atomic E-state index is -1.05. The van der Waals surface area contributed by atoms with Gasteiger partial charge in [-0.05, 0) is 24.3 Å². The summed E-state index contributed by atoms with van der Waals surface area (Å²) in [5, 5.41) is 11.3. The van der Waals surface area contributed by atoms with Crippen molar-refractivity contribution in [1.82, 2.24) is 9.88 Å². The van der Waals surface area contributed by atoms with Crippen LogP contribution in [0.2, 0.25) is 0 Å². The molecular formula is C18H20N2O4. The van der Waals surface area contributed by atoms with Crippen LogP contribution in [-0.2, 0) is 9.53 Å². The van der Waals surface area contributed by atoms with E-state index in [0.717, 1.165) is 10.8 Å². The molecule has 126 valence electrons. The molecule has 1 aromatic heterocycles. The molecule has 0 bridgehead atoms. The van der Waals surface area contributed by atoms with Crippen LogP contribution in [0.5, 0.6) is 0 Å². The number of amides is 1. The van der Waals surface area contributed by atoms with Crippen molar-refractivity contribution in [2.24, 2.45) is 5.41 Å². The number of methoxy groups -OCH3 is 1. The lowest BCUT2D eigenvalue weighted by atomic mass is 9.80. The first-order valence-electron chi connectivity index (χ1n) is 7.93. The normalized spacial score (nSPS) is 21.0. The molecule has 1 saturated heterocycles. The first kappa shape index (κ1) is 16.4. The quantitative estimate of drug-likeness (QED) is 0.930. The molecule has 3 rings (SSSR count). The van der Waals surface area contributed by atoms with Crippen LogP contribution in [0.15, 0.2) is 36.5 Å². The van der Waals surface area contributed by atoms with Crippen molar-refractivity contribution in [3.63, 3.8) is 0 Å². The number of ether oxygens (including phenoxy) is 1. The molecule has 1 atom stereocenters. The molecule has 0 spiro atoms. The minimum absolute atomic E-state index is 0.0923. The monoisotopic (exact) mass is 328 g/mol. The Morgan fingerprint density at radius 1 is 1.33 bits per heavy atom. The fourth-order valence-corrected chi connectivity index (χ4v) is 3.38. The number of carboxylic acid groups (broad SMARTS) is 1. The molecule has 1 aromatic carbocycles. The van der Waals surface area contributed by atoms with Gasteiger partial charge in [0, 0.05) is 31.8 Å². The van der Waals surface area contributed by atoms with Crippen molar-refractivity contribution in [1.29, 1.82) is 0 Å². The molecule has 1 unspecified atom stereocenters. The summed E-state index contributed by atoms with van der Waals surface area (Å²) in [5.41, 5.74) is -0.681. The highest BCUT2D eigenvalue weighted by Gasteiger charge is 2.44. The SMILES string of the molecule is COCC1(C(=O)O)CCCN(C(=O)c2nccc3ccccc23)C1. The predicted molar refractivity (Wildman–Crippen MR) is 88.8 cm³/mol. The summed E-state index contributed by atoms with van der Waals surface area (Å²) in [6.07, 6.45) is 2.74. The molecule has 0 aliphatic carbocycles. The van der Waals surface area contributed by atoms with Gasteiger partial charge >= 0.3 is 5.97 Å². The van der Waals surface area contributed by atoms with E-state index >= 15 is 0 Å². The third-order valence-corrected chi connectivity index (χ3v) is 4.61. The number of hydrogen-bond acceptors (Lipinski definition) is 4. The highest BCUT2D eigenvalue weighted by molar-refractivity contribution is 6.05. The molecule has 1 aliphatic heterocycles. The Bertz CT molecular complexity index is 767. The molecule has 2 heterocycles. The maximum Gasteiger partial charge on any atom is 0.313 e. The van der Waals surface area contributed by atoms with Gasteiger partial charge < -0.3 is 14.7 Å². The Morgan fingerprint density at radius 3 is 2.88 bits per heavy atom. The Kier molecular flexibility index (Phi) is 4.49. The predicted octanol–water partition coefficient (Wildman–Crippen LogP) is 2.19. The van der Waals surface area contributed by atoms with E-state index in [0.29, 0.717) is 25.1 Å². The summed E-state index contributed by atoms with van der Waals surface area (Å²) in [5.74, 6) is -1.15. The second kappa shape index (κ2) is 6.57. The highest BCUT2D eigenvalue weighted by Crippen LogP contribution is 2.32. The van der Waals surface area contributed by atoms with Gasteiger partial charge in [-0.2, -0.15) is 0 Å². The number of nitrogens with zero attached hydrogens (tertiary/aromatic N) is 2. The Balaban J connectivity index is 1.93. The topological polar surface area (TPSA) is 79.7 Å². The van der Waals surface area contributed by atoms with E-state index < -0.39 is 11.4 Å². The van der Waals surface area contributed by atoms with Crippen LogP contribution < -0.4 is 0 Å². The van der Waals surface area contributed by atoms with Crippen LogP contribution >= 0.6 is 0 Å². The van der Waals surface area contributed by atoms with Gasteiger partial charge in [0.15, 0.2) is 0 Å². The lowest BCUT2D eigenvalue weighted by Crippen LogP contribution is -2.52. The molecule has 24 heavy (non-hydrogen) atoms. The molecule has 1 aliphatic rings. The van der Waals surface area contributed by atoms with Crippen molar-refractivity contribution in [3.8, 4) is 0 Å². The van der Waals surface area contributed by atoms with Crippen LogP contribution in [-0.4, -0.2) is 53.7 Å². The maximum atomic E-state index is 13.0. The summed E-state index contributed by atoms with van der Waals surface area (Å²) in [4.78, 5) is 30.5. The number of carboxylic acids is 1. The molecule has 0 radical (unpaired) electrons. The van der Waals surface area contributed by atoms with Gasteiger partial charge in [-0.25, -0.2) is 0 Å². The lowest BCUT2D eigenvalue weighted by molar-refractivity contribution is -0.155. The van der Waals surface area contributed by atoms with Crippen molar-refractivity contribution >= 4 is 22.6 Å². The molecule has 0 saturated carbocycles. The van der Waals surface area contributed by atoms with Crippen LogP contribution in [0.25, 0.3) is 10.8 Å². The van der Waals surface area contributed by atoms with Gasteiger partial charge in [-0.15, -0.1) is 0 Å². The summed E-state index contributed by atoms with van der Waals surface area (Å²) in [6.45, 7) is 0.761. The van der Waals surface area contributed by atoms with E-state index in [1.165, 1.54) is 7.11 Å². The zero-order valence-corrected chi connectivity index (χ0v) is 13.6. The Labute approximate surface area is 140 Å². The van der Waals surface area contributed by atoms with Crippen LogP contribution in [0.3, 0.4) is 0 Å². The number of rotatable bonds is 4. The Morgan fingerprint density at radius 2 is 2.12 bits per heavy atom. The van der Waals surface area contributed by atoms with Gasteiger partial charge in [0.2, 0.25) is 0 Å². The van der Waals surface area contributed by atoms with Gasteiger partial charge in [0.05, 0.1) is 6.61 Å². The summed E-state index contributed by atoms with van der Waals surface area (Å²) in [7, 11) is 1.48. The number of aliphatic carboxylic acids is 1. The zero-order chi connectivity index (χ0) is 17.2. The lowest BCUT2D eigenvalue weighted by Gasteiger charge is -2.39. The number of benzene rings is 1. The van der Waals surface area contributed by atoms with Gasteiger partial charge in [-0.1, -0.05) is 24.3 Å². The van der Waals surface area contributed by atoms with Crippen molar-refractivity contribution in [2.45, 2.75) is 12.8 Å². The number of likely N-dealkylation sites (tertiary alicyclic amines) is 1. The number of carbonyl (C=O) groups is 2. The number of carbonyl (C=O) groups excluding carboxylic acids is 1. The average molecular weight is 328 g/mol. The first-order valence-corrected chi connectivity index (χ1v) is 7.93. The van der Waals surface area contributed by atoms with Crippen LogP contribution in [0, 0.1) is 5.41 Å². The third-order valence-electron chi connectivity index (χ3n) is 4.61. The van der Waals surface area contributed by atoms with Crippen molar-refractivity contribution in [3.05, 3.63) is 42.2 Å². The molecule has 1 fully saturated rings. The number of hydrogen-bond donors (Lipinski definition) is 1. The number of pyridine rings is 1. The second-order valence-corrected chi connectivity index (χ2v) is 6.23. The summed E-state index contributed by atoms with van der Waals surface area (Å²) >= 11 is 0. The van der Waals surface area contributed by atoms with Crippen LogP contribution in [0.4, 0.5) is 0 Å². The van der Waals surface area contributed by atoms with E-state index in [1.807, 2.05) is 30.3 Å². The molecule has 6 nitrogen and oxygen atoms in total. The van der Waals surface area contributed by atoms with E-state index in [9.17, 15) is 14.7 Å². The van der Waals surface area contributed by atoms with E-state index in [2.05, 4.69) is 4.98 Å². The summed E-state index contributed by atoms with van der Waals surface area (Å²) in [6, 6.07) is 9.42. The van der Waals surface area contributed by atoms with E-state index in [-0.39, 0.29) is 19.1 Å². The smallest absolute Gasteiger partial charge is 0.313 e. The molecule has 6 heteroatoms. The number of fused-ring (bicyclic) bond motifs is 1. The zero-order valence-electron chi connectivity index (χ0n) is 13.6. The Hall–Kier alpha value is -2.47. The van der Waals surface area contributed by atoms with E-state index in [1.54, 1.807) is 11.1 Å². The molecular weight excluding hydrogens is 308 g/mol. The van der Waals surface area contributed by atoms with Gasteiger partial charge in [0.25, 0.3) is 5.91 Å². The first-order chi connectivity index (χ1) is 11.6. The second-order valence-electron chi connectivity index (χ2n) is 6.23. The molecule has 1 amide bonds. The van der Waals surface area contributed by atoms with E-state index in [4.69, 9.17) is 4.74 Å². The largest absolute Gasteiger partial charge is 0.481 e. The van der Waals surface area contributed by atoms with Crippen molar-refractivity contribution in [2.75, 3.05) is 26.8 Å². The average Bonchev–Trinajstić information content (AvgIpc) is 2.61. The fraction of sp³-hybridized carbons (Fsp3) is 0.389. The van der Waals surface area contributed by atoms with Gasteiger partial charge in [0.1, 0.15) is 11.1 Å². The number of piperidine rings is 1. The van der Waals surface area contributed by atoms with Crippen molar-refractivity contribution < 1.29 is 19.4 Å². The minimum Gasteiger partial charge on any atom is -0.481 e. The standard InChI is InChI=1S/C18H20N2O4/c1-24-12-18(17(22)23)8-4-10-20(11-18)16(21)15-14-6-3-2-5-13(14)7-9-19-15/h2-3,5-7,9H,4,8,10-12H2,1H3,(H,22,23). The maximum absolute atomic E-state index is 13.0. The molecule has 2 aromatic rings. The fourth-order valence-electron chi connectivity index (χ4n) is 3.38. The number of aromatic nitrogens is 1. The van der Waals surface area contributed by atoms with Gasteiger partial charge in [-0.3, -0.25) is 14.6 Å².